The summed E-state index contributed by atoms with van der Waals surface area (Å²) in [5.41, 5.74) is 2.85. The molecule has 0 saturated carbocycles. The number of hydrogen-bond acceptors (Lipinski definition) is 3. The lowest BCUT2D eigenvalue weighted by molar-refractivity contribution is -0.126. The smallest absolute Gasteiger partial charge is 0.253 e. The molecule has 0 atom stereocenters. The molecule has 1 aromatic carbocycles. The van der Waals surface area contributed by atoms with Crippen LogP contribution >= 0.6 is 15.9 Å². The average Bonchev–Trinajstić information content (AvgIpc) is 3.02. The summed E-state index contributed by atoms with van der Waals surface area (Å²) in [5, 5.41) is 7.48. The fraction of sp³-hybridized carbons (Fsp3) is 0.476. The minimum atomic E-state index is -0.0114. The van der Waals surface area contributed by atoms with Crippen LogP contribution in [0.3, 0.4) is 0 Å². The molecule has 2 amide bonds. The Labute approximate surface area is 174 Å². The number of amides is 2. The van der Waals surface area contributed by atoms with Gasteiger partial charge in [-0.2, -0.15) is 5.10 Å². The Hall–Kier alpha value is -2.15. The number of carbonyl (C=O) groups excluding carboxylic acids is 2. The highest BCUT2D eigenvalue weighted by Gasteiger charge is 2.27. The van der Waals surface area contributed by atoms with Gasteiger partial charge >= 0.3 is 0 Å². The maximum atomic E-state index is 12.6. The van der Waals surface area contributed by atoms with Crippen molar-refractivity contribution in [1.29, 1.82) is 0 Å². The van der Waals surface area contributed by atoms with Crippen molar-refractivity contribution in [2.45, 2.75) is 39.7 Å². The summed E-state index contributed by atoms with van der Waals surface area (Å²) in [4.78, 5) is 26.8. The molecule has 1 fully saturated rings. The molecule has 1 saturated heterocycles. The molecule has 7 heteroatoms. The molecule has 2 aromatic rings. The Morgan fingerprint density at radius 1 is 1.18 bits per heavy atom. The van der Waals surface area contributed by atoms with Crippen LogP contribution in [-0.4, -0.2) is 46.1 Å². The predicted octanol–water partition coefficient (Wildman–Crippen LogP) is 3.32. The predicted molar refractivity (Wildman–Crippen MR) is 112 cm³/mol. The number of piperidine rings is 1. The standard InChI is InChI=1S/C21H27BrN4O2/c1-15-14-16(2)26(24-15)11-3-10-23-20(27)17-8-12-25(13-9-17)21(28)18-4-6-19(22)7-5-18/h4-7,14,17H,3,8-13H2,1-2H3,(H,23,27). The van der Waals surface area contributed by atoms with Crippen molar-refractivity contribution in [2.24, 2.45) is 5.92 Å². The molecule has 0 aliphatic carbocycles. The summed E-state index contributed by atoms with van der Waals surface area (Å²) in [5.74, 6) is 0.128. The van der Waals surface area contributed by atoms with Crippen molar-refractivity contribution in [3.8, 4) is 0 Å². The summed E-state index contributed by atoms with van der Waals surface area (Å²) in [6, 6.07) is 9.46. The zero-order valence-electron chi connectivity index (χ0n) is 16.4. The van der Waals surface area contributed by atoms with Crippen LogP contribution in [0.5, 0.6) is 0 Å². The van der Waals surface area contributed by atoms with Gasteiger partial charge in [0.25, 0.3) is 5.91 Å². The van der Waals surface area contributed by atoms with E-state index in [9.17, 15) is 9.59 Å². The van der Waals surface area contributed by atoms with Crippen molar-refractivity contribution in [2.75, 3.05) is 19.6 Å². The topological polar surface area (TPSA) is 67.2 Å². The molecule has 6 nitrogen and oxygen atoms in total. The lowest BCUT2D eigenvalue weighted by atomic mass is 9.95. The Bertz CT molecular complexity index is 823. The van der Waals surface area contributed by atoms with Gasteiger partial charge in [-0.15, -0.1) is 0 Å². The van der Waals surface area contributed by atoms with Gasteiger partial charge in [0, 0.05) is 47.8 Å². The number of aromatic nitrogens is 2. The maximum Gasteiger partial charge on any atom is 0.253 e. The molecule has 2 heterocycles. The highest BCUT2D eigenvalue weighted by Crippen LogP contribution is 2.20. The van der Waals surface area contributed by atoms with E-state index in [1.807, 2.05) is 47.7 Å². The van der Waals surface area contributed by atoms with Gasteiger partial charge in [-0.1, -0.05) is 15.9 Å². The first kappa shape index (κ1) is 20.6. The molecule has 0 spiro atoms. The fourth-order valence-electron chi connectivity index (χ4n) is 3.61. The molecule has 0 unspecified atom stereocenters. The van der Waals surface area contributed by atoms with E-state index in [0.717, 1.165) is 28.8 Å². The van der Waals surface area contributed by atoms with E-state index in [1.54, 1.807) is 0 Å². The third-order valence-corrected chi connectivity index (χ3v) is 5.72. The van der Waals surface area contributed by atoms with Gasteiger partial charge in [0.2, 0.25) is 5.91 Å². The van der Waals surface area contributed by atoms with Crippen molar-refractivity contribution in [3.63, 3.8) is 0 Å². The zero-order valence-corrected chi connectivity index (χ0v) is 18.0. The van der Waals surface area contributed by atoms with E-state index < -0.39 is 0 Å². The first-order valence-electron chi connectivity index (χ1n) is 9.77. The largest absolute Gasteiger partial charge is 0.356 e. The number of halogens is 1. The van der Waals surface area contributed by atoms with Gasteiger partial charge in [0.15, 0.2) is 0 Å². The van der Waals surface area contributed by atoms with E-state index in [-0.39, 0.29) is 17.7 Å². The number of aryl methyl sites for hydroxylation is 3. The summed E-state index contributed by atoms with van der Waals surface area (Å²) in [7, 11) is 0. The van der Waals surface area contributed by atoms with Gasteiger partial charge in [-0.05, 0) is 63.4 Å². The first-order chi connectivity index (χ1) is 13.4. The molecule has 0 bridgehead atoms. The Kier molecular flexibility index (Phi) is 6.88. The molecule has 1 N–H and O–H groups in total. The number of hydrogen-bond donors (Lipinski definition) is 1. The van der Waals surface area contributed by atoms with Crippen molar-refractivity contribution in [3.05, 3.63) is 51.8 Å². The van der Waals surface area contributed by atoms with Gasteiger partial charge in [-0.3, -0.25) is 14.3 Å². The lowest BCUT2D eigenvalue weighted by Gasteiger charge is -2.31. The van der Waals surface area contributed by atoms with Gasteiger partial charge in [-0.25, -0.2) is 0 Å². The minimum absolute atomic E-state index is 0.0114. The van der Waals surface area contributed by atoms with E-state index in [1.165, 1.54) is 0 Å². The monoisotopic (exact) mass is 446 g/mol. The molecule has 150 valence electrons. The van der Waals surface area contributed by atoms with E-state index in [0.29, 0.717) is 38.0 Å². The second kappa shape index (κ2) is 9.37. The average molecular weight is 447 g/mol. The maximum absolute atomic E-state index is 12.6. The first-order valence-corrected chi connectivity index (χ1v) is 10.6. The molecule has 0 radical (unpaired) electrons. The summed E-state index contributed by atoms with van der Waals surface area (Å²) in [6.07, 6.45) is 2.28. The van der Waals surface area contributed by atoms with Gasteiger partial charge < -0.3 is 10.2 Å². The van der Waals surface area contributed by atoms with Crippen LogP contribution in [0.4, 0.5) is 0 Å². The Morgan fingerprint density at radius 3 is 2.46 bits per heavy atom. The van der Waals surface area contributed by atoms with Crippen LogP contribution in [0, 0.1) is 19.8 Å². The number of nitrogens with zero attached hydrogens (tertiary/aromatic N) is 3. The van der Waals surface area contributed by atoms with Crippen LogP contribution < -0.4 is 5.32 Å². The summed E-state index contributed by atoms with van der Waals surface area (Å²) < 4.78 is 2.94. The molecule has 1 aliphatic heterocycles. The quantitative estimate of drug-likeness (QED) is 0.691. The van der Waals surface area contributed by atoms with Crippen molar-refractivity contribution >= 4 is 27.7 Å². The number of carbonyl (C=O) groups is 2. The molecular formula is C21H27BrN4O2. The summed E-state index contributed by atoms with van der Waals surface area (Å²) in [6.45, 7) is 6.73. The highest BCUT2D eigenvalue weighted by molar-refractivity contribution is 9.10. The normalized spacial score (nSPS) is 14.9. The Balaban J connectivity index is 1.39. The number of benzene rings is 1. The highest BCUT2D eigenvalue weighted by atomic mass is 79.9. The van der Waals surface area contributed by atoms with Crippen LogP contribution in [-0.2, 0) is 11.3 Å². The number of likely N-dealkylation sites (tertiary alicyclic amines) is 1. The summed E-state index contributed by atoms with van der Waals surface area (Å²) >= 11 is 3.38. The van der Waals surface area contributed by atoms with Gasteiger partial charge in [0.05, 0.1) is 5.69 Å². The molecule has 28 heavy (non-hydrogen) atoms. The third-order valence-electron chi connectivity index (χ3n) is 5.19. The second-order valence-corrected chi connectivity index (χ2v) is 8.28. The van der Waals surface area contributed by atoms with Crippen LogP contribution in [0.15, 0.2) is 34.8 Å². The van der Waals surface area contributed by atoms with E-state index in [2.05, 4.69) is 32.4 Å². The van der Waals surface area contributed by atoms with Crippen LogP contribution in [0.2, 0.25) is 0 Å². The minimum Gasteiger partial charge on any atom is -0.356 e. The molecular weight excluding hydrogens is 420 g/mol. The van der Waals surface area contributed by atoms with Crippen molar-refractivity contribution < 1.29 is 9.59 Å². The lowest BCUT2D eigenvalue weighted by Crippen LogP contribution is -2.43. The fourth-order valence-corrected chi connectivity index (χ4v) is 3.87. The second-order valence-electron chi connectivity index (χ2n) is 7.37. The SMILES string of the molecule is Cc1cc(C)n(CCCNC(=O)C2CCN(C(=O)c3ccc(Br)cc3)CC2)n1. The van der Waals surface area contributed by atoms with Crippen LogP contribution in [0.1, 0.15) is 41.0 Å². The van der Waals surface area contributed by atoms with E-state index >= 15 is 0 Å². The number of nitrogens with one attached hydrogen (secondary N) is 1. The zero-order chi connectivity index (χ0) is 20.1. The van der Waals surface area contributed by atoms with Gasteiger partial charge in [0.1, 0.15) is 0 Å². The molecule has 3 rings (SSSR count). The van der Waals surface area contributed by atoms with Crippen molar-refractivity contribution in [1.82, 2.24) is 20.0 Å². The van der Waals surface area contributed by atoms with Crippen LogP contribution in [0.25, 0.3) is 0 Å². The van der Waals surface area contributed by atoms with E-state index in [4.69, 9.17) is 0 Å². The number of rotatable bonds is 6. The molecule has 1 aliphatic rings. The third kappa shape index (κ3) is 5.22. The Morgan fingerprint density at radius 2 is 1.86 bits per heavy atom. The molecule has 1 aromatic heterocycles.